The summed E-state index contributed by atoms with van der Waals surface area (Å²) in [5.41, 5.74) is -0.0562. The highest BCUT2D eigenvalue weighted by Gasteiger charge is 2.32. The molecule has 0 aliphatic carbocycles. The van der Waals surface area contributed by atoms with Crippen LogP contribution in [0, 0.1) is 0 Å². The summed E-state index contributed by atoms with van der Waals surface area (Å²) in [7, 11) is 0. The number of hydrogen-bond donors (Lipinski definition) is 1. The van der Waals surface area contributed by atoms with E-state index in [2.05, 4.69) is 29.3 Å². The molecule has 2 rings (SSSR count). The normalized spacial score (nSPS) is 18.8. The van der Waals surface area contributed by atoms with Crippen LogP contribution in [0.1, 0.15) is 32.0 Å². The van der Waals surface area contributed by atoms with Gasteiger partial charge >= 0.3 is 0 Å². The molecule has 5 heteroatoms. The predicted molar refractivity (Wildman–Crippen MR) is 54.4 cm³/mol. The highest BCUT2D eigenvalue weighted by Crippen LogP contribution is 2.17. The molecule has 0 aromatic carbocycles. The van der Waals surface area contributed by atoms with E-state index in [-0.39, 0.29) is 5.60 Å². The van der Waals surface area contributed by atoms with Crippen LogP contribution in [-0.4, -0.2) is 28.8 Å². The van der Waals surface area contributed by atoms with Crippen LogP contribution in [0.5, 0.6) is 0 Å². The zero-order valence-electron chi connectivity index (χ0n) is 9.25. The SMILES string of the molecule is CCCc1noc(COC2(C)CNC2)n1. The Bertz CT molecular complexity index is 320. The summed E-state index contributed by atoms with van der Waals surface area (Å²) in [5, 5.41) is 7.04. The zero-order valence-corrected chi connectivity index (χ0v) is 9.25. The van der Waals surface area contributed by atoms with Crippen molar-refractivity contribution >= 4 is 0 Å². The van der Waals surface area contributed by atoms with Crippen LogP contribution in [0.2, 0.25) is 0 Å². The van der Waals surface area contributed by atoms with Gasteiger partial charge in [0.05, 0.1) is 5.60 Å². The van der Waals surface area contributed by atoms with Crippen molar-refractivity contribution in [2.45, 2.75) is 38.9 Å². The van der Waals surface area contributed by atoms with Crippen molar-refractivity contribution in [3.63, 3.8) is 0 Å². The fourth-order valence-electron chi connectivity index (χ4n) is 1.49. The molecule has 1 aromatic heterocycles. The quantitative estimate of drug-likeness (QED) is 0.784. The van der Waals surface area contributed by atoms with E-state index in [0.29, 0.717) is 12.5 Å². The molecule has 84 valence electrons. The van der Waals surface area contributed by atoms with Crippen LogP contribution < -0.4 is 5.32 Å². The number of aromatic nitrogens is 2. The Balaban J connectivity index is 1.82. The van der Waals surface area contributed by atoms with E-state index in [1.54, 1.807) is 0 Å². The summed E-state index contributed by atoms with van der Waals surface area (Å²) in [4.78, 5) is 4.24. The largest absolute Gasteiger partial charge is 0.363 e. The molecule has 1 aromatic rings. The molecule has 0 unspecified atom stereocenters. The molecular formula is C10H17N3O2. The number of rotatable bonds is 5. The van der Waals surface area contributed by atoms with E-state index in [4.69, 9.17) is 9.26 Å². The molecule has 1 fully saturated rings. The Kier molecular flexibility index (Phi) is 3.02. The summed E-state index contributed by atoms with van der Waals surface area (Å²) in [6.07, 6.45) is 1.89. The van der Waals surface area contributed by atoms with Gasteiger partial charge in [0.15, 0.2) is 5.82 Å². The van der Waals surface area contributed by atoms with E-state index in [1.807, 2.05) is 0 Å². The summed E-state index contributed by atoms with van der Waals surface area (Å²) in [5.74, 6) is 1.35. The lowest BCUT2D eigenvalue weighted by Gasteiger charge is -2.38. The first-order chi connectivity index (χ1) is 7.22. The lowest BCUT2D eigenvalue weighted by Crippen LogP contribution is -2.58. The molecule has 0 radical (unpaired) electrons. The summed E-state index contributed by atoms with van der Waals surface area (Å²) in [6, 6.07) is 0. The average molecular weight is 211 g/mol. The predicted octanol–water partition coefficient (Wildman–Crippen LogP) is 0.901. The average Bonchev–Trinajstić information content (AvgIpc) is 2.60. The lowest BCUT2D eigenvalue weighted by atomic mass is 10.0. The number of nitrogens with zero attached hydrogens (tertiary/aromatic N) is 2. The first-order valence-corrected chi connectivity index (χ1v) is 5.38. The Morgan fingerprint density at radius 1 is 1.53 bits per heavy atom. The summed E-state index contributed by atoms with van der Waals surface area (Å²) in [6.45, 7) is 6.36. The number of ether oxygens (including phenoxy) is 1. The van der Waals surface area contributed by atoms with Gasteiger partial charge in [0.2, 0.25) is 0 Å². The van der Waals surface area contributed by atoms with Gasteiger partial charge in [-0.25, -0.2) is 0 Å². The Hall–Kier alpha value is -0.940. The first-order valence-electron chi connectivity index (χ1n) is 5.38. The molecule has 5 nitrogen and oxygen atoms in total. The molecular weight excluding hydrogens is 194 g/mol. The topological polar surface area (TPSA) is 60.2 Å². The van der Waals surface area contributed by atoms with Gasteiger partial charge in [-0.15, -0.1) is 0 Å². The molecule has 2 heterocycles. The Morgan fingerprint density at radius 2 is 2.33 bits per heavy atom. The standard InChI is InChI=1S/C10H17N3O2/c1-3-4-8-12-9(15-13-8)5-14-10(2)6-11-7-10/h11H,3-7H2,1-2H3. The maximum atomic E-state index is 5.68. The molecule has 0 saturated carbocycles. The van der Waals surface area contributed by atoms with Gasteiger partial charge in [0, 0.05) is 19.5 Å². The molecule has 0 spiro atoms. The van der Waals surface area contributed by atoms with Crippen LogP contribution in [0.25, 0.3) is 0 Å². The molecule has 1 saturated heterocycles. The smallest absolute Gasteiger partial charge is 0.252 e. The highest BCUT2D eigenvalue weighted by molar-refractivity contribution is 4.91. The lowest BCUT2D eigenvalue weighted by molar-refractivity contribution is -0.0841. The van der Waals surface area contributed by atoms with Crippen molar-refractivity contribution in [3.05, 3.63) is 11.7 Å². The molecule has 0 atom stereocenters. The van der Waals surface area contributed by atoms with Crippen molar-refractivity contribution in [2.75, 3.05) is 13.1 Å². The molecule has 1 aliphatic rings. The van der Waals surface area contributed by atoms with E-state index < -0.39 is 0 Å². The summed E-state index contributed by atoms with van der Waals surface area (Å²) >= 11 is 0. The zero-order chi connectivity index (χ0) is 10.7. The third-order valence-corrected chi connectivity index (χ3v) is 2.53. The van der Waals surface area contributed by atoms with Crippen LogP contribution in [0.3, 0.4) is 0 Å². The third-order valence-electron chi connectivity index (χ3n) is 2.53. The number of aryl methyl sites for hydroxylation is 1. The number of nitrogens with one attached hydrogen (secondary N) is 1. The van der Waals surface area contributed by atoms with Crippen LogP contribution in [0.15, 0.2) is 4.52 Å². The van der Waals surface area contributed by atoms with E-state index in [0.717, 1.165) is 31.8 Å². The van der Waals surface area contributed by atoms with E-state index in [9.17, 15) is 0 Å². The second kappa shape index (κ2) is 4.28. The fraction of sp³-hybridized carbons (Fsp3) is 0.800. The Morgan fingerprint density at radius 3 is 2.93 bits per heavy atom. The van der Waals surface area contributed by atoms with Crippen molar-refractivity contribution in [1.29, 1.82) is 0 Å². The van der Waals surface area contributed by atoms with Crippen LogP contribution >= 0.6 is 0 Å². The first kappa shape index (κ1) is 10.6. The minimum absolute atomic E-state index is 0.0562. The maximum absolute atomic E-state index is 5.68. The highest BCUT2D eigenvalue weighted by atomic mass is 16.5. The van der Waals surface area contributed by atoms with E-state index in [1.165, 1.54) is 0 Å². The van der Waals surface area contributed by atoms with Crippen molar-refractivity contribution < 1.29 is 9.26 Å². The van der Waals surface area contributed by atoms with Gasteiger partial charge < -0.3 is 14.6 Å². The van der Waals surface area contributed by atoms with Gasteiger partial charge in [-0.2, -0.15) is 4.98 Å². The third kappa shape index (κ3) is 2.54. The van der Waals surface area contributed by atoms with Gasteiger partial charge in [0.25, 0.3) is 5.89 Å². The van der Waals surface area contributed by atoms with Gasteiger partial charge in [-0.05, 0) is 13.3 Å². The van der Waals surface area contributed by atoms with Gasteiger partial charge in [0.1, 0.15) is 6.61 Å². The second-order valence-electron chi connectivity index (χ2n) is 4.20. The number of hydrogen-bond acceptors (Lipinski definition) is 5. The van der Waals surface area contributed by atoms with Gasteiger partial charge in [-0.1, -0.05) is 12.1 Å². The van der Waals surface area contributed by atoms with Crippen LogP contribution in [-0.2, 0) is 17.8 Å². The fourth-order valence-corrected chi connectivity index (χ4v) is 1.49. The minimum atomic E-state index is -0.0562. The molecule has 15 heavy (non-hydrogen) atoms. The molecule has 0 bridgehead atoms. The van der Waals surface area contributed by atoms with Crippen molar-refractivity contribution in [2.24, 2.45) is 0 Å². The second-order valence-corrected chi connectivity index (χ2v) is 4.20. The van der Waals surface area contributed by atoms with Crippen LogP contribution in [0.4, 0.5) is 0 Å². The molecule has 1 aliphatic heterocycles. The van der Waals surface area contributed by atoms with Crippen molar-refractivity contribution in [3.8, 4) is 0 Å². The van der Waals surface area contributed by atoms with Crippen molar-refractivity contribution in [1.82, 2.24) is 15.5 Å². The van der Waals surface area contributed by atoms with Gasteiger partial charge in [-0.3, -0.25) is 0 Å². The monoisotopic (exact) mass is 211 g/mol. The van der Waals surface area contributed by atoms with E-state index >= 15 is 0 Å². The Labute approximate surface area is 89.2 Å². The maximum Gasteiger partial charge on any atom is 0.252 e. The minimum Gasteiger partial charge on any atom is -0.363 e. The molecule has 0 amide bonds. The molecule has 1 N–H and O–H groups in total. The summed E-state index contributed by atoms with van der Waals surface area (Å²) < 4.78 is 10.8.